The number of rotatable bonds is 8. The molecular formula is C25H31FN2O5. The van der Waals surface area contributed by atoms with Crippen molar-refractivity contribution in [2.45, 2.75) is 64.5 Å². The molecule has 1 aliphatic carbocycles. The number of esters is 1. The van der Waals surface area contributed by atoms with Gasteiger partial charge in [0.2, 0.25) is 0 Å². The zero-order valence-corrected chi connectivity index (χ0v) is 19.4. The summed E-state index contributed by atoms with van der Waals surface area (Å²) >= 11 is 0. The number of amides is 1. The smallest absolute Gasteiger partial charge is 0.328 e. The first kappa shape index (κ1) is 24.5. The van der Waals surface area contributed by atoms with Crippen molar-refractivity contribution >= 4 is 11.9 Å². The molecule has 8 heteroatoms. The van der Waals surface area contributed by atoms with Crippen LogP contribution in [0.2, 0.25) is 0 Å². The number of carbonyl (C=O) groups is 2. The number of carbonyl (C=O) groups excluding carboxylic acids is 2. The number of benzene rings is 1. The summed E-state index contributed by atoms with van der Waals surface area (Å²) < 4.78 is 24.5. The highest BCUT2D eigenvalue weighted by Gasteiger charge is 2.34. The van der Waals surface area contributed by atoms with Crippen molar-refractivity contribution in [3.05, 3.63) is 53.1 Å². The van der Waals surface area contributed by atoms with Crippen LogP contribution in [0.3, 0.4) is 0 Å². The van der Waals surface area contributed by atoms with Crippen molar-refractivity contribution < 1.29 is 28.6 Å². The van der Waals surface area contributed by atoms with E-state index in [0.717, 1.165) is 36.8 Å². The fourth-order valence-electron chi connectivity index (χ4n) is 4.67. The Kier molecular flexibility index (Phi) is 7.89. The number of aromatic hydroxyl groups is 1. The molecule has 0 spiro atoms. The second-order valence-electron chi connectivity index (χ2n) is 8.62. The average Bonchev–Trinajstić information content (AvgIpc) is 3.29. The van der Waals surface area contributed by atoms with Gasteiger partial charge >= 0.3 is 5.97 Å². The van der Waals surface area contributed by atoms with Crippen molar-refractivity contribution in [3.8, 4) is 11.5 Å². The summed E-state index contributed by atoms with van der Waals surface area (Å²) in [5.41, 5.74) is 1.56. The Balaban J connectivity index is 1.72. The zero-order valence-electron chi connectivity index (χ0n) is 19.4. The van der Waals surface area contributed by atoms with Gasteiger partial charge in [-0.05, 0) is 62.8 Å². The van der Waals surface area contributed by atoms with Crippen LogP contribution in [0.15, 0.2) is 30.5 Å². The Morgan fingerprint density at radius 3 is 2.55 bits per heavy atom. The van der Waals surface area contributed by atoms with Crippen molar-refractivity contribution in [1.82, 2.24) is 10.3 Å². The number of aromatic nitrogens is 1. The van der Waals surface area contributed by atoms with E-state index in [4.69, 9.17) is 9.47 Å². The number of nitrogens with zero attached hydrogens (tertiary/aromatic N) is 1. The minimum absolute atomic E-state index is 0.0657. The maximum atomic E-state index is 13.7. The van der Waals surface area contributed by atoms with Crippen LogP contribution in [-0.4, -0.2) is 41.2 Å². The summed E-state index contributed by atoms with van der Waals surface area (Å²) in [5.74, 6) is -1.64. The largest absolute Gasteiger partial charge is 0.503 e. The van der Waals surface area contributed by atoms with E-state index in [1.54, 1.807) is 6.07 Å². The number of ether oxygens (including phenoxy) is 2. The van der Waals surface area contributed by atoms with Crippen molar-refractivity contribution in [3.63, 3.8) is 0 Å². The van der Waals surface area contributed by atoms with Gasteiger partial charge in [0.25, 0.3) is 5.91 Å². The Labute approximate surface area is 193 Å². The Morgan fingerprint density at radius 1 is 1.21 bits per heavy atom. The molecule has 0 aliphatic heterocycles. The quantitative estimate of drug-likeness (QED) is 0.574. The number of nitrogens with one attached hydrogen (secondary N) is 1. The van der Waals surface area contributed by atoms with Crippen LogP contribution >= 0.6 is 0 Å². The second kappa shape index (κ2) is 10.6. The van der Waals surface area contributed by atoms with Crippen LogP contribution in [-0.2, 0) is 9.53 Å². The van der Waals surface area contributed by atoms with Crippen LogP contribution < -0.4 is 10.1 Å². The summed E-state index contributed by atoms with van der Waals surface area (Å²) in [6.45, 7) is 5.22. The number of halogens is 1. The number of hydrogen-bond acceptors (Lipinski definition) is 6. The van der Waals surface area contributed by atoms with Crippen LogP contribution in [0.4, 0.5) is 4.39 Å². The van der Waals surface area contributed by atoms with Gasteiger partial charge in [0.05, 0.1) is 7.11 Å². The number of methoxy groups -OCH3 is 1. The first-order valence-corrected chi connectivity index (χ1v) is 11.2. The molecule has 1 fully saturated rings. The van der Waals surface area contributed by atoms with Gasteiger partial charge < -0.3 is 19.9 Å². The lowest BCUT2D eigenvalue weighted by atomic mass is 9.79. The van der Waals surface area contributed by atoms with Crippen LogP contribution in [0.25, 0.3) is 0 Å². The molecule has 2 aromatic rings. The predicted molar refractivity (Wildman–Crippen MR) is 121 cm³/mol. The summed E-state index contributed by atoms with van der Waals surface area (Å²) in [6, 6.07) is 5.18. The standard InChI is InChI=1S/C25H31FN2O5/c1-14-13-18(26)9-10-19(14)21(17-7-5-6-8-17)16(3)33-25(31)15(2)28-24(30)22-23(29)20(32-4)11-12-27-22/h9-13,15-17,21,29H,5-8H2,1-4H3,(H,28,30)/t15-,16-,21-/m0/s1. The van der Waals surface area contributed by atoms with E-state index < -0.39 is 29.8 Å². The SMILES string of the molecule is COc1ccnc(C(=O)N[C@@H](C)C(=O)O[C@@H](C)[C@H](c2ccc(F)cc2C)C2CCCC2)c1O. The van der Waals surface area contributed by atoms with Gasteiger partial charge in [-0.3, -0.25) is 4.79 Å². The molecule has 3 atom stereocenters. The molecule has 0 unspecified atom stereocenters. The lowest BCUT2D eigenvalue weighted by molar-refractivity contribution is -0.151. The molecule has 7 nitrogen and oxygen atoms in total. The van der Waals surface area contributed by atoms with Gasteiger partial charge in [-0.15, -0.1) is 0 Å². The average molecular weight is 459 g/mol. The van der Waals surface area contributed by atoms with E-state index >= 15 is 0 Å². The molecular weight excluding hydrogens is 427 g/mol. The Hall–Kier alpha value is -3.16. The lowest BCUT2D eigenvalue weighted by Crippen LogP contribution is -2.42. The maximum Gasteiger partial charge on any atom is 0.328 e. The highest BCUT2D eigenvalue weighted by atomic mass is 19.1. The third kappa shape index (κ3) is 5.61. The zero-order chi connectivity index (χ0) is 24.1. The summed E-state index contributed by atoms with van der Waals surface area (Å²) in [7, 11) is 1.36. The minimum atomic E-state index is -0.967. The van der Waals surface area contributed by atoms with E-state index in [9.17, 15) is 19.1 Å². The van der Waals surface area contributed by atoms with Gasteiger partial charge in [0, 0.05) is 18.2 Å². The Bertz CT molecular complexity index is 1010. The number of hydrogen-bond donors (Lipinski definition) is 2. The summed E-state index contributed by atoms with van der Waals surface area (Å²) in [6.07, 6.45) is 5.15. The molecule has 1 aromatic carbocycles. The molecule has 33 heavy (non-hydrogen) atoms. The van der Waals surface area contributed by atoms with Crippen molar-refractivity contribution in [2.24, 2.45) is 5.92 Å². The van der Waals surface area contributed by atoms with Gasteiger partial charge in [0.1, 0.15) is 18.0 Å². The second-order valence-corrected chi connectivity index (χ2v) is 8.62. The molecule has 178 valence electrons. The molecule has 2 N–H and O–H groups in total. The van der Waals surface area contributed by atoms with Gasteiger partial charge in [-0.25, -0.2) is 14.2 Å². The molecule has 1 heterocycles. The fraction of sp³-hybridized carbons (Fsp3) is 0.480. The highest BCUT2D eigenvalue weighted by molar-refractivity contribution is 5.97. The predicted octanol–water partition coefficient (Wildman–Crippen LogP) is 4.27. The normalized spacial score (nSPS) is 16.6. The van der Waals surface area contributed by atoms with Crippen molar-refractivity contribution in [2.75, 3.05) is 7.11 Å². The van der Waals surface area contributed by atoms with Gasteiger partial charge in [-0.2, -0.15) is 0 Å². The van der Waals surface area contributed by atoms with Crippen LogP contribution in [0.5, 0.6) is 11.5 Å². The monoisotopic (exact) mass is 458 g/mol. The summed E-state index contributed by atoms with van der Waals surface area (Å²) in [5, 5.41) is 12.6. The topological polar surface area (TPSA) is 97.8 Å². The van der Waals surface area contributed by atoms with E-state index in [0.29, 0.717) is 5.92 Å². The highest BCUT2D eigenvalue weighted by Crippen LogP contribution is 2.41. The number of aryl methyl sites for hydroxylation is 1. The summed E-state index contributed by atoms with van der Waals surface area (Å²) in [4.78, 5) is 29.2. The van der Waals surface area contributed by atoms with Crippen LogP contribution in [0.1, 0.15) is 67.1 Å². The van der Waals surface area contributed by atoms with Gasteiger partial charge in [0.15, 0.2) is 17.2 Å². The van der Waals surface area contributed by atoms with E-state index in [-0.39, 0.29) is 23.2 Å². The molecule has 1 amide bonds. The van der Waals surface area contributed by atoms with E-state index in [1.807, 2.05) is 13.8 Å². The fourth-order valence-corrected chi connectivity index (χ4v) is 4.67. The molecule has 3 rings (SSSR count). The van der Waals surface area contributed by atoms with Gasteiger partial charge in [-0.1, -0.05) is 18.9 Å². The molecule has 1 aromatic heterocycles. The molecule has 1 saturated carbocycles. The van der Waals surface area contributed by atoms with Crippen molar-refractivity contribution in [1.29, 1.82) is 0 Å². The first-order valence-electron chi connectivity index (χ1n) is 11.2. The minimum Gasteiger partial charge on any atom is -0.503 e. The van der Waals surface area contributed by atoms with Crippen LogP contribution in [0, 0.1) is 18.7 Å². The Morgan fingerprint density at radius 2 is 1.91 bits per heavy atom. The third-order valence-electron chi connectivity index (χ3n) is 6.33. The number of pyridine rings is 1. The molecule has 1 aliphatic rings. The maximum absolute atomic E-state index is 13.7. The molecule has 0 radical (unpaired) electrons. The molecule has 0 saturated heterocycles. The third-order valence-corrected chi connectivity index (χ3v) is 6.33. The molecule has 0 bridgehead atoms. The van der Waals surface area contributed by atoms with E-state index in [1.165, 1.54) is 38.4 Å². The first-order chi connectivity index (χ1) is 15.7. The van der Waals surface area contributed by atoms with E-state index in [2.05, 4.69) is 10.3 Å². The lowest BCUT2D eigenvalue weighted by Gasteiger charge is -2.31.